The monoisotopic (exact) mass is 286 g/mol. The first-order valence-electron chi connectivity index (χ1n) is 7.94. The molecule has 1 aromatic carbocycles. The molecule has 1 aliphatic heterocycles. The summed E-state index contributed by atoms with van der Waals surface area (Å²) in [6, 6.07) is 10.5. The van der Waals surface area contributed by atoms with Crippen LogP contribution in [0.4, 0.5) is 5.69 Å². The Morgan fingerprint density at radius 1 is 0.952 bits per heavy atom. The van der Waals surface area contributed by atoms with Gasteiger partial charge in [-0.05, 0) is 23.0 Å². The molecule has 1 saturated carbocycles. The van der Waals surface area contributed by atoms with Crippen molar-refractivity contribution in [3.63, 3.8) is 0 Å². The minimum absolute atomic E-state index is 0.140. The molecule has 3 rings (SSSR count). The first-order valence-corrected chi connectivity index (χ1v) is 7.94. The number of carbonyl (C=O) groups is 1. The zero-order valence-corrected chi connectivity index (χ0v) is 13.6. The summed E-state index contributed by atoms with van der Waals surface area (Å²) in [4.78, 5) is 17.2. The average Bonchev–Trinajstić information content (AvgIpc) is 2.89. The zero-order chi connectivity index (χ0) is 15.3. The average molecular weight is 286 g/mol. The molecule has 1 aliphatic carbocycles. The molecule has 3 nitrogen and oxygen atoms in total. The van der Waals surface area contributed by atoms with Crippen molar-refractivity contribution in [2.75, 3.05) is 31.1 Å². The van der Waals surface area contributed by atoms with E-state index >= 15 is 0 Å². The molecule has 1 saturated heterocycles. The van der Waals surface area contributed by atoms with Crippen LogP contribution in [0, 0.1) is 16.7 Å². The van der Waals surface area contributed by atoms with Crippen molar-refractivity contribution in [1.29, 1.82) is 0 Å². The van der Waals surface area contributed by atoms with Gasteiger partial charge >= 0.3 is 0 Å². The van der Waals surface area contributed by atoms with E-state index in [4.69, 9.17) is 0 Å². The highest BCUT2D eigenvalue weighted by molar-refractivity contribution is 5.84. The second-order valence-corrected chi connectivity index (χ2v) is 7.52. The number of amides is 1. The van der Waals surface area contributed by atoms with Crippen LogP contribution in [0.5, 0.6) is 0 Å². The molecule has 1 heterocycles. The van der Waals surface area contributed by atoms with Crippen LogP contribution in [0.1, 0.15) is 27.7 Å². The summed E-state index contributed by atoms with van der Waals surface area (Å²) in [5, 5.41) is 0. The maximum Gasteiger partial charge on any atom is 0.226 e. The van der Waals surface area contributed by atoms with Gasteiger partial charge < -0.3 is 9.80 Å². The fraction of sp³-hybridized carbons (Fsp3) is 0.611. The largest absolute Gasteiger partial charge is 0.368 e. The number of piperazine rings is 1. The van der Waals surface area contributed by atoms with Gasteiger partial charge in [0.25, 0.3) is 0 Å². The molecule has 1 aromatic rings. The van der Waals surface area contributed by atoms with Crippen LogP contribution in [-0.2, 0) is 4.79 Å². The standard InChI is InChI=1S/C18H26N2O/c1-17(2)15(18(17,3)4)16(21)20-12-10-19(11-13-20)14-8-6-5-7-9-14/h5-9,15H,10-13H2,1-4H3. The SMILES string of the molecule is CC1(C)C(C(=O)N2CCN(c3ccccc3)CC2)C1(C)C. The van der Waals surface area contributed by atoms with Gasteiger partial charge in [-0.3, -0.25) is 4.79 Å². The summed E-state index contributed by atoms with van der Waals surface area (Å²) in [5.74, 6) is 0.547. The van der Waals surface area contributed by atoms with Crippen LogP contribution in [0.25, 0.3) is 0 Å². The van der Waals surface area contributed by atoms with Gasteiger partial charge in [-0.15, -0.1) is 0 Å². The first kappa shape index (κ1) is 14.4. The van der Waals surface area contributed by atoms with Crippen LogP contribution in [0.15, 0.2) is 30.3 Å². The van der Waals surface area contributed by atoms with Crippen molar-refractivity contribution >= 4 is 11.6 Å². The van der Waals surface area contributed by atoms with Crippen molar-refractivity contribution in [1.82, 2.24) is 4.90 Å². The maximum atomic E-state index is 12.7. The molecule has 114 valence electrons. The van der Waals surface area contributed by atoms with Gasteiger partial charge in [0, 0.05) is 37.8 Å². The number of rotatable bonds is 2. The molecule has 2 fully saturated rings. The summed E-state index contributed by atoms with van der Waals surface area (Å²) in [7, 11) is 0. The Balaban J connectivity index is 1.61. The molecule has 0 unspecified atom stereocenters. The zero-order valence-electron chi connectivity index (χ0n) is 13.6. The number of benzene rings is 1. The van der Waals surface area contributed by atoms with Gasteiger partial charge in [-0.2, -0.15) is 0 Å². The lowest BCUT2D eigenvalue weighted by Crippen LogP contribution is -2.49. The van der Waals surface area contributed by atoms with Gasteiger partial charge in [0.1, 0.15) is 0 Å². The van der Waals surface area contributed by atoms with Crippen LogP contribution in [0.2, 0.25) is 0 Å². The number of hydrogen-bond donors (Lipinski definition) is 0. The predicted molar refractivity (Wildman–Crippen MR) is 86.3 cm³/mol. The summed E-state index contributed by atoms with van der Waals surface area (Å²) >= 11 is 0. The molecule has 1 amide bonds. The molecule has 0 atom stereocenters. The van der Waals surface area contributed by atoms with Crippen LogP contribution in [-0.4, -0.2) is 37.0 Å². The van der Waals surface area contributed by atoms with Crippen molar-refractivity contribution < 1.29 is 4.79 Å². The van der Waals surface area contributed by atoms with E-state index in [9.17, 15) is 4.79 Å². The maximum absolute atomic E-state index is 12.7. The fourth-order valence-electron chi connectivity index (χ4n) is 3.82. The lowest BCUT2D eigenvalue weighted by atomic mass is 10.0. The van der Waals surface area contributed by atoms with E-state index in [0.29, 0.717) is 5.91 Å². The molecule has 2 aliphatic rings. The topological polar surface area (TPSA) is 23.6 Å². The highest BCUT2D eigenvalue weighted by Gasteiger charge is 2.68. The van der Waals surface area contributed by atoms with Gasteiger partial charge in [-0.1, -0.05) is 45.9 Å². The quantitative estimate of drug-likeness (QED) is 0.834. The Labute approximate surface area is 127 Å². The van der Waals surface area contributed by atoms with E-state index in [1.54, 1.807) is 0 Å². The Bertz CT molecular complexity index is 513. The molecule has 21 heavy (non-hydrogen) atoms. The number of para-hydroxylation sites is 1. The van der Waals surface area contributed by atoms with Gasteiger partial charge in [-0.25, -0.2) is 0 Å². The van der Waals surface area contributed by atoms with Gasteiger partial charge in [0.05, 0.1) is 0 Å². The van der Waals surface area contributed by atoms with E-state index in [1.807, 2.05) is 6.07 Å². The number of anilines is 1. The Kier molecular flexibility index (Phi) is 3.27. The van der Waals surface area contributed by atoms with Crippen molar-refractivity contribution in [3.05, 3.63) is 30.3 Å². The van der Waals surface area contributed by atoms with Crippen molar-refractivity contribution in [3.8, 4) is 0 Å². The molecule has 0 radical (unpaired) electrons. The van der Waals surface area contributed by atoms with E-state index in [0.717, 1.165) is 26.2 Å². The summed E-state index contributed by atoms with van der Waals surface area (Å²) in [6.07, 6.45) is 0. The second kappa shape index (κ2) is 4.75. The third-order valence-corrected chi connectivity index (χ3v) is 5.98. The number of carbonyl (C=O) groups excluding carboxylic acids is 1. The Morgan fingerprint density at radius 2 is 1.48 bits per heavy atom. The summed E-state index contributed by atoms with van der Waals surface area (Å²) in [5.41, 5.74) is 1.54. The number of nitrogens with zero attached hydrogens (tertiary/aromatic N) is 2. The molecular formula is C18H26N2O. The molecule has 0 N–H and O–H groups in total. The minimum Gasteiger partial charge on any atom is -0.368 e. The minimum atomic E-state index is 0.140. The smallest absolute Gasteiger partial charge is 0.226 e. The summed E-state index contributed by atoms with van der Waals surface area (Å²) in [6.45, 7) is 12.4. The fourth-order valence-corrected chi connectivity index (χ4v) is 3.82. The predicted octanol–water partition coefficient (Wildman–Crippen LogP) is 3.02. The van der Waals surface area contributed by atoms with E-state index in [-0.39, 0.29) is 16.7 Å². The van der Waals surface area contributed by atoms with Crippen LogP contribution < -0.4 is 4.90 Å². The lowest BCUT2D eigenvalue weighted by Gasteiger charge is -2.36. The Morgan fingerprint density at radius 3 is 1.95 bits per heavy atom. The van der Waals surface area contributed by atoms with E-state index < -0.39 is 0 Å². The van der Waals surface area contributed by atoms with E-state index in [1.165, 1.54) is 5.69 Å². The first-order chi connectivity index (χ1) is 9.85. The summed E-state index contributed by atoms with van der Waals surface area (Å²) < 4.78 is 0. The van der Waals surface area contributed by atoms with Gasteiger partial charge in [0.2, 0.25) is 5.91 Å². The highest BCUT2D eigenvalue weighted by Crippen LogP contribution is 2.68. The molecule has 0 spiro atoms. The normalized spacial score (nSPS) is 24.0. The molecular weight excluding hydrogens is 260 g/mol. The highest BCUT2D eigenvalue weighted by atomic mass is 16.2. The van der Waals surface area contributed by atoms with E-state index in [2.05, 4.69) is 61.8 Å². The van der Waals surface area contributed by atoms with Gasteiger partial charge in [0.15, 0.2) is 0 Å². The molecule has 0 aromatic heterocycles. The second-order valence-electron chi connectivity index (χ2n) is 7.52. The third-order valence-electron chi connectivity index (χ3n) is 5.98. The molecule has 0 bridgehead atoms. The molecule has 3 heteroatoms. The number of hydrogen-bond acceptors (Lipinski definition) is 2. The Hall–Kier alpha value is -1.51. The van der Waals surface area contributed by atoms with Crippen LogP contribution >= 0.6 is 0 Å². The van der Waals surface area contributed by atoms with Crippen molar-refractivity contribution in [2.45, 2.75) is 27.7 Å². The third kappa shape index (κ3) is 2.23. The van der Waals surface area contributed by atoms with Crippen LogP contribution in [0.3, 0.4) is 0 Å². The van der Waals surface area contributed by atoms with Crippen molar-refractivity contribution in [2.24, 2.45) is 16.7 Å². The lowest BCUT2D eigenvalue weighted by molar-refractivity contribution is -0.134.